The summed E-state index contributed by atoms with van der Waals surface area (Å²) in [6.45, 7) is 1.67. The van der Waals surface area contributed by atoms with Gasteiger partial charge in [0.1, 0.15) is 11.5 Å². The normalized spacial score (nSPS) is 11.2. The van der Waals surface area contributed by atoms with Crippen LogP contribution in [0.5, 0.6) is 0 Å². The Hall–Kier alpha value is -2.64. The van der Waals surface area contributed by atoms with Crippen LogP contribution in [0.3, 0.4) is 0 Å². The summed E-state index contributed by atoms with van der Waals surface area (Å²) in [7, 11) is 0. The van der Waals surface area contributed by atoms with Crippen LogP contribution in [0, 0.1) is 6.92 Å². The number of pyridine rings is 2. The van der Waals surface area contributed by atoms with Crippen LogP contribution in [0.25, 0.3) is 0 Å². The summed E-state index contributed by atoms with van der Waals surface area (Å²) in [6.07, 6.45) is -3.57. The summed E-state index contributed by atoms with van der Waals surface area (Å²) in [6, 6.07) is 4.82. The van der Waals surface area contributed by atoms with Gasteiger partial charge in [0.15, 0.2) is 0 Å². The van der Waals surface area contributed by atoms with Crippen molar-refractivity contribution in [2.24, 2.45) is 0 Å². The summed E-state index contributed by atoms with van der Waals surface area (Å²) in [5.41, 5.74) is 5.48. The van der Waals surface area contributed by atoms with Gasteiger partial charge in [0.2, 0.25) is 0 Å². The molecule has 0 fully saturated rings. The Morgan fingerprint density at radius 3 is 2.52 bits per heavy atom. The second-order valence-corrected chi connectivity index (χ2v) is 4.31. The Balaban J connectivity index is 2.16. The average molecular weight is 296 g/mol. The third-order valence-electron chi connectivity index (χ3n) is 2.55. The van der Waals surface area contributed by atoms with Crippen LogP contribution in [0.4, 0.5) is 24.7 Å². The third-order valence-corrected chi connectivity index (χ3v) is 2.55. The minimum atomic E-state index is -4.51. The SMILES string of the molecule is Cc1cc(C(=O)Nc2ccc(C(F)(F)F)nc2)cc(N)n1. The number of amides is 1. The molecule has 0 spiro atoms. The van der Waals surface area contributed by atoms with Crippen molar-refractivity contribution in [3.63, 3.8) is 0 Å². The first-order valence-electron chi connectivity index (χ1n) is 5.84. The summed E-state index contributed by atoms with van der Waals surface area (Å²) in [4.78, 5) is 19.1. The lowest BCUT2D eigenvalue weighted by Gasteiger charge is -2.08. The van der Waals surface area contributed by atoms with Crippen LogP contribution in [-0.4, -0.2) is 15.9 Å². The number of alkyl halides is 3. The number of hydrogen-bond acceptors (Lipinski definition) is 4. The zero-order valence-electron chi connectivity index (χ0n) is 10.9. The first-order valence-corrected chi connectivity index (χ1v) is 5.84. The Morgan fingerprint density at radius 2 is 2.00 bits per heavy atom. The Morgan fingerprint density at radius 1 is 1.29 bits per heavy atom. The van der Waals surface area contributed by atoms with Crippen LogP contribution in [0.2, 0.25) is 0 Å². The van der Waals surface area contributed by atoms with Crippen LogP contribution in [0.15, 0.2) is 30.5 Å². The first kappa shape index (κ1) is 14.8. The van der Waals surface area contributed by atoms with Crippen molar-refractivity contribution in [2.75, 3.05) is 11.1 Å². The number of anilines is 2. The highest BCUT2D eigenvalue weighted by Gasteiger charge is 2.32. The third kappa shape index (κ3) is 3.68. The molecule has 3 N–H and O–H groups in total. The van der Waals surface area contributed by atoms with Gasteiger partial charge in [-0.3, -0.25) is 4.79 Å². The predicted octanol–water partition coefficient (Wildman–Crippen LogP) is 2.64. The lowest BCUT2D eigenvalue weighted by molar-refractivity contribution is -0.141. The van der Waals surface area contributed by atoms with E-state index >= 15 is 0 Å². The monoisotopic (exact) mass is 296 g/mol. The molecule has 1 amide bonds. The zero-order valence-corrected chi connectivity index (χ0v) is 10.9. The number of carbonyl (C=O) groups excluding carboxylic acids is 1. The van der Waals surface area contributed by atoms with Gasteiger partial charge >= 0.3 is 6.18 Å². The fourth-order valence-corrected chi connectivity index (χ4v) is 1.66. The molecule has 21 heavy (non-hydrogen) atoms. The van der Waals surface area contributed by atoms with Gasteiger partial charge in [-0.25, -0.2) is 9.97 Å². The van der Waals surface area contributed by atoms with Gasteiger partial charge in [-0.15, -0.1) is 0 Å². The maximum absolute atomic E-state index is 12.4. The number of aryl methyl sites for hydroxylation is 1. The molecule has 0 aliphatic carbocycles. The fourth-order valence-electron chi connectivity index (χ4n) is 1.66. The van der Waals surface area contributed by atoms with Crippen LogP contribution >= 0.6 is 0 Å². The maximum Gasteiger partial charge on any atom is 0.433 e. The van der Waals surface area contributed by atoms with Gasteiger partial charge < -0.3 is 11.1 Å². The van der Waals surface area contributed by atoms with Crippen molar-refractivity contribution >= 4 is 17.4 Å². The lowest BCUT2D eigenvalue weighted by Crippen LogP contribution is -2.14. The van der Waals surface area contributed by atoms with E-state index in [1.807, 2.05) is 0 Å². The van der Waals surface area contributed by atoms with E-state index in [1.165, 1.54) is 12.1 Å². The van der Waals surface area contributed by atoms with E-state index in [9.17, 15) is 18.0 Å². The molecule has 0 atom stereocenters. The topological polar surface area (TPSA) is 80.9 Å². The molecular weight excluding hydrogens is 285 g/mol. The molecule has 0 saturated carbocycles. The minimum absolute atomic E-state index is 0.154. The number of hydrogen-bond donors (Lipinski definition) is 2. The molecule has 2 heterocycles. The molecule has 2 rings (SSSR count). The summed E-state index contributed by atoms with van der Waals surface area (Å²) in [5.74, 6) is -0.320. The predicted molar refractivity (Wildman–Crippen MR) is 70.6 cm³/mol. The fraction of sp³-hybridized carbons (Fsp3) is 0.154. The number of rotatable bonds is 2. The lowest BCUT2D eigenvalue weighted by atomic mass is 10.2. The van der Waals surface area contributed by atoms with Crippen molar-refractivity contribution in [1.29, 1.82) is 0 Å². The molecule has 8 heteroatoms. The number of aromatic nitrogens is 2. The van der Waals surface area contributed by atoms with Crippen molar-refractivity contribution < 1.29 is 18.0 Å². The number of nitrogens with zero attached hydrogens (tertiary/aromatic N) is 2. The van der Waals surface area contributed by atoms with Gasteiger partial charge in [0, 0.05) is 11.3 Å². The number of nitrogen functional groups attached to an aromatic ring is 1. The number of nitrogens with one attached hydrogen (secondary N) is 1. The van der Waals surface area contributed by atoms with Crippen molar-refractivity contribution in [1.82, 2.24) is 9.97 Å². The van der Waals surface area contributed by atoms with E-state index in [2.05, 4.69) is 15.3 Å². The minimum Gasteiger partial charge on any atom is -0.384 e. The summed E-state index contributed by atoms with van der Waals surface area (Å²) < 4.78 is 37.1. The molecule has 0 radical (unpaired) electrons. The van der Waals surface area contributed by atoms with Crippen LogP contribution < -0.4 is 11.1 Å². The maximum atomic E-state index is 12.4. The molecule has 0 unspecified atom stereocenters. The molecule has 5 nitrogen and oxygen atoms in total. The van der Waals surface area contributed by atoms with E-state index in [-0.39, 0.29) is 17.1 Å². The van der Waals surface area contributed by atoms with Crippen molar-refractivity contribution in [3.8, 4) is 0 Å². The van der Waals surface area contributed by atoms with Gasteiger partial charge in [0.05, 0.1) is 11.9 Å². The summed E-state index contributed by atoms with van der Waals surface area (Å²) in [5, 5.41) is 2.44. The standard InChI is InChI=1S/C13H11F3N4O/c1-7-4-8(5-11(17)19-7)12(21)20-9-2-3-10(18-6-9)13(14,15)16/h2-6H,1H3,(H2,17,19)(H,20,21). The van der Waals surface area contributed by atoms with Crippen LogP contribution in [0.1, 0.15) is 21.7 Å². The van der Waals surface area contributed by atoms with Gasteiger partial charge in [-0.1, -0.05) is 0 Å². The van der Waals surface area contributed by atoms with E-state index in [0.717, 1.165) is 18.3 Å². The number of nitrogens with two attached hydrogens (primary N) is 1. The Bertz CT molecular complexity index is 648. The Kier molecular flexibility index (Phi) is 3.79. The zero-order chi connectivity index (χ0) is 15.6. The van der Waals surface area contributed by atoms with Gasteiger partial charge in [-0.05, 0) is 31.2 Å². The Labute approximate surface area is 118 Å². The van der Waals surface area contributed by atoms with E-state index in [1.54, 1.807) is 6.92 Å². The molecule has 0 aliphatic heterocycles. The first-order chi connectivity index (χ1) is 9.75. The molecule has 2 aromatic rings. The molecule has 0 aromatic carbocycles. The molecule has 110 valence electrons. The highest BCUT2D eigenvalue weighted by atomic mass is 19.4. The molecule has 2 aromatic heterocycles. The second-order valence-electron chi connectivity index (χ2n) is 4.31. The number of halogens is 3. The highest BCUT2D eigenvalue weighted by molar-refractivity contribution is 6.04. The van der Waals surface area contributed by atoms with Crippen molar-refractivity contribution in [2.45, 2.75) is 13.1 Å². The second kappa shape index (κ2) is 5.39. The number of carbonyl (C=O) groups is 1. The molecule has 0 saturated heterocycles. The molecular formula is C13H11F3N4O. The molecule has 0 aliphatic rings. The summed E-state index contributed by atoms with van der Waals surface area (Å²) >= 11 is 0. The van der Waals surface area contributed by atoms with E-state index in [0.29, 0.717) is 5.69 Å². The van der Waals surface area contributed by atoms with E-state index < -0.39 is 17.8 Å². The van der Waals surface area contributed by atoms with Crippen molar-refractivity contribution in [3.05, 3.63) is 47.4 Å². The molecule has 0 bridgehead atoms. The quantitative estimate of drug-likeness (QED) is 0.892. The highest BCUT2D eigenvalue weighted by Crippen LogP contribution is 2.27. The van der Waals surface area contributed by atoms with Crippen LogP contribution in [-0.2, 0) is 6.18 Å². The largest absolute Gasteiger partial charge is 0.433 e. The van der Waals surface area contributed by atoms with Gasteiger partial charge in [0.25, 0.3) is 5.91 Å². The smallest absolute Gasteiger partial charge is 0.384 e. The van der Waals surface area contributed by atoms with Gasteiger partial charge in [-0.2, -0.15) is 13.2 Å². The van der Waals surface area contributed by atoms with E-state index in [4.69, 9.17) is 5.73 Å². The average Bonchev–Trinajstić information content (AvgIpc) is 2.37.